The monoisotopic (exact) mass is 367 g/mol. The molecule has 0 bridgehead atoms. The standard InChI is InChI=1S/C19H17N3O3S/c1-12-18(26-17(21-12)5-2-13-6-8-20-9-7-13)19(23)22-14-3-4-15-16(10-14)25-11-24-15/h3-4,6-10H,2,5,11H2,1H3,(H,22,23). The van der Waals surface area contributed by atoms with Crippen LogP contribution >= 0.6 is 11.3 Å². The topological polar surface area (TPSA) is 73.3 Å². The van der Waals surface area contributed by atoms with Crippen LogP contribution in [0.2, 0.25) is 0 Å². The molecule has 0 saturated heterocycles. The Morgan fingerprint density at radius 2 is 1.96 bits per heavy atom. The van der Waals surface area contributed by atoms with Crippen molar-refractivity contribution >= 4 is 22.9 Å². The number of hydrogen-bond donors (Lipinski definition) is 1. The van der Waals surface area contributed by atoms with E-state index in [-0.39, 0.29) is 12.7 Å². The zero-order valence-electron chi connectivity index (χ0n) is 14.2. The van der Waals surface area contributed by atoms with Gasteiger partial charge in [0.2, 0.25) is 6.79 Å². The first kappa shape index (κ1) is 16.5. The number of aryl methyl sites for hydroxylation is 3. The minimum atomic E-state index is -0.158. The summed E-state index contributed by atoms with van der Waals surface area (Å²) in [7, 11) is 0. The highest BCUT2D eigenvalue weighted by Crippen LogP contribution is 2.34. The molecule has 6 nitrogen and oxygen atoms in total. The van der Waals surface area contributed by atoms with Crippen LogP contribution in [-0.4, -0.2) is 22.7 Å². The summed E-state index contributed by atoms with van der Waals surface area (Å²) in [5, 5.41) is 3.86. The second-order valence-electron chi connectivity index (χ2n) is 5.90. The van der Waals surface area contributed by atoms with E-state index in [0.717, 1.165) is 23.5 Å². The third kappa shape index (κ3) is 3.52. The van der Waals surface area contributed by atoms with Crippen LogP contribution in [0, 0.1) is 6.92 Å². The predicted octanol–water partition coefficient (Wildman–Crippen LogP) is 3.61. The quantitative estimate of drug-likeness (QED) is 0.746. The molecule has 0 fully saturated rings. The Balaban J connectivity index is 1.44. The number of ether oxygens (including phenoxy) is 2. The second kappa shape index (κ2) is 7.13. The molecule has 7 heteroatoms. The van der Waals surface area contributed by atoms with E-state index in [0.29, 0.717) is 22.1 Å². The van der Waals surface area contributed by atoms with Crippen molar-refractivity contribution in [3.05, 3.63) is 63.9 Å². The molecule has 1 aromatic carbocycles. The molecule has 0 spiro atoms. The SMILES string of the molecule is Cc1nc(CCc2ccncc2)sc1C(=O)Nc1ccc2c(c1)OCO2. The van der Waals surface area contributed by atoms with E-state index in [9.17, 15) is 4.79 Å². The molecule has 0 atom stereocenters. The van der Waals surface area contributed by atoms with E-state index in [2.05, 4.69) is 15.3 Å². The van der Waals surface area contributed by atoms with Crippen molar-refractivity contribution in [1.29, 1.82) is 0 Å². The molecule has 1 N–H and O–H groups in total. The predicted molar refractivity (Wildman–Crippen MR) is 99.0 cm³/mol. The van der Waals surface area contributed by atoms with Gasteiger partial charge >= 0.3 is 0 Å². The molecule has 1 aliphatic heterocycles. The summed E-state index contributed by atoms with van der Waals surface area (Å²) in [4.78, 5) is 21.8. The van der Waals surface area contributed by atoms with Crippen LogP contribution in [0.25, 0.3) is 0 Å². The summed E-state index contributed by atoms with van der Waals surface area (Å²) < 4.78 is 10.6. The summed E-state index contributed by atoms with van der Waals surface area (Å²) in [5.41, 5.74) is 2.63. The Hall–Kier alpha value is -2.93. The van der Waals surface area contributed by atoms with Crippen molar-refractivity contribution in [1.82, 2.24) is 9.97 Å². The van der Waals surface area contributed by atoms with Gasteiger partial charge in [-0.1, -0.05) is 0 Å². The van der Waals surface area contributed by atoms with E-state index < -0.39 is 0 Å². The number of carbonyl (C=O) groups is 1. The molecule has 1 amide bonds. The molecule has 132 valence electrons. The first-order valence-corrected chi connectivity index (χ1v) is 9.07. The molecule has 1 aliphatic rings. The van der Waals surface area contributed by atoms with Crippen molar-refractivity contribution in [3.8, 4) is 11.5 Å². The molecule has 26 heavy (non-hydrogen) atoms. The van der Waals surface area contributed by atoms with Crippen LogP contribution in [0.5, 0.6) is 11.5 Å². The number of fused-ring (bicyclic) bond motifs is 1. The highest BCUT2D eigenvalue weighted by Gasteiger charge is 2.18. The molecule has 2 aromatic heterocycles. The largest absolute Gasteiger partial charge is 0.454 e. The highest BCUT2D eigenvalue weighted by atomic mass is 32.1. The van der Waals surface area contributed by atoms with Gasteiger partial charge in [0.1, 0.15) is 4.88 Å². The zero-order valence-corrected chi connectivity index (χ0v) is 15.0. The minimum Gasteiger partial charge on any atom is -0.454 e. The van der Waals surface area contributed by atoms with Crippen molar-refractivity contribution in [3.63, 3.8) is 0 Å². The highest BCUT2D eigenvalue weighted by molar-refractivity contribution is 7.13. The smallest absolute Gasteiger partial charge is 0.267 e. The number of benzene rings is 1. The number of aromatic nitrogens is 2. The number of carbonyl (C=O) groups excluding carboxylic acids is 1. The Labute approximate surface area is 154 Å². The van der Waals surface area contributed by atoms with Gasteiger partial charge in [0.25, 0.3) is 5.91 Å². The van der Waals surface area contributed by atoms with Crippen LogP contribution in [0.4, 0.5) is 5.69 Å². The maximum absolute atomic E-state index is 12.6. The lowest BCUT2D eigenvalue weighted by Crippen LogP contribution is -2.11. The van der Waals surface area contributed by atoms with Crippen molar-refractivity contribution in [2.45, 2.75) is 19.8 Å². The molecule has 3 heterocycles. The Morgan fingerprint density at radius 1 is 1.15 bits per heavy atom. The van der Waals surface area contributed by atoms with Gasteiger partial charge in [0.15, 0.2) is 11.5 Å². The van der Waals surface area contributed by atoms with Crippen LogP contribution in [0.15, 0.2) is 42.7 Å². The average Bonchev–Trinajstić information content (AvgIpc) is 3.26. The summed E-state index contributed by atoms with van der Waals surface area (Å²) in [6.45, 7) is 2.07. The van der Waals surface area contributed by atoms with Crippen molar-refractivity contribution in [2.24, 2.45) is 0 Å². The lowest BCUT2D eigenvalue weighted by Gasteiger charge is -2.05. The lowest BCUT2D eigenvalue weighted by molar-refractivity contribution is 0.103. The number of amides is 1. The van der Waals surface area contributed by atoms with Gasteiger partial charge in [-0.25, -0.2) is 4.98 Å². The summed E-state index contributed by atoms with van der Waals surface area (Å²) >= 11 is 1.44. The third-order valence-corrected chi connectivity index (χ3v) is 5.27. The lowest BCUT2D eigenvalue weighted by atomic mass is 10.1. The normalized spacial score (nSPS) is 12.2. The van der Waals surface area contributed by atoms with E-state index in [1.165, 1.54) is 16.9 Å². The molecule has 4 rings (SSSR count). The molecule has 0 radical (unpaired) electrons. The summed E-state index contributed by atoms with van der Waals surface area (Å²) in [6, 6.07) is 9.34. The number of rotatable bonds is 5. The van der Waals surface area contributed by atoms with Gasteiger partial charge in [-0.3, -0.25) is 9.78 Å². The molecule has 0 unspecified atom stereocenters. The molecule has 0 saturated carbocycles. The van der Waals surface area contributed by atoms with E-state index in [1.807, 2.05) is 19.1 Å². The fourth-order valence-corrected chi connectivity index (χ4v) is 3.69. The number of hydrogen-bond acceptors (Lipinski definition) is 6. The van der Waals surface area contributed by atoms with Gasteiger partial charge < -0.3 is 14.8 Å². The van der Waals surface area contributed by atoms with E-state index in [1.54, 1.807) is 30.6 Å². The Kier molecular flexibility index (Phi) is 4.53. The molecular formula is C19H17N3O3S. The van der Waals surface area contributed by atoms with Crippen LogP contribution in [-0.2, 0) is 12.8 Å². The number of nitrogens with one attached hydrogen (secondary N) is 1. The molecule has 3 aromatic rings. The van der Waals surface area contributed by atoms with Gasteiger partial charge in [0, 0.05) is 30.6 Å². The average molecular weight is 367 g/mol. The van der Waals surface area contributed by atoms with Crippen LogP contribution in [0.3, 0.4) is 0 Å². The van der Waals surface area contributed by atoms with Gasteiger partial charge in [-0.05, 0) is 43.2 Å². The summed E-state index contributed by atoms with van der Waals surface area (Å²) in [6.07, 6.45) is 5.24. The Morgan fingerprint density at radius 3 is 2.81 bits per heavy atom. The third-order valence-electron chi connectivity index (χ3n) is 4.05. The number of thiazole rings is 1. The fraction of sp³-hybridized carbons (Fsp3) is 0.211. The first-order chi connectivity index (χ1) is 12.7. The summed E-state index contributed by atoms with van der Waals surface area (Å²) in [5.74, 6) is 1.17. The number of nitrogens with zero attached hydrogens (tertiary/aromatic N) is 2. The van der Waals surface area contributed by atoms with E-state index in [4.69, 9.17) is 9.47 Å². The maximum atomic E-state index is 12.6. The van der Waals surface area contributed by atoms with E-state index >= 15 is 0 Å². The van der Waals surface area contributed by atoms with Gasteiger partial charge in [-0.15, -0.1) is 11.3 Å². The molecule has 0 aliphatic carbocycles. The minimum absolute atomic E-state index is 0.158. The molecular weight excluding hydrogens is 350 g/mol. The number of pyridine rings is 1. The van der Waals surface area contributed by atoms with Gasteiger partial charge in [0.05, 0.1) is 10.7 Å². The Bertz CT molecular complexity index is 940. The zero-order chi connectivity index (χ0) is 17.9. The fourth-order valence-electron chi connectivity index (χ4n) is 2.73. The van der Waals surface area contributed by atoms with Gasteiger partial charge in [-0.2, -0.15) is 0 Å². The van der Waals surface area contributed by atoms with Crippen molar-refractivity contribution in [2.75, 3.05) is 12.1 Å². The second-order valence-corrected chi connectivity index (χ2v) is 6.98. The number of anilines is 1. The first-order valence-electron chi connectivity index (χ1n) is 8.25. The van der Waals surface area contributed by atoms with Crippen LogP contribution in [0.1, 0.15) is 25.9 Å². The maximum Gasteiger partial charge on any atom is 0.267 e. The van der Waals surface area contributed by atoms with Crippen LogP contribution < -0.4 is 14.8 Å². The van der Waals surface area contributed by atoms with Crippen molar-refractivity contribution < 1.29 is 14.3 Å².